The molecule has 3 amide bonds. The van der Waals surface area contributed by atoms with Crippen molar-refractivity contribution in [2.24, 2.45) is 11.8 Å². The molecule has 0 bridgehead atoms. The zero-order valence-corrected chi connectivity index (χ0v) is 18.6. The molecule has 3 rings (SSSR count). The number of amides is 3. The summed E-state index contributed by atoms with van der Waals surface area (Å²) < 4.78 is 10.3. The number of urea groups is 1. The highest BCUT2D eigenvalue weighted by atomic mass is 16.5. The molecule has 8 heteroatoms. The fourth-order valence-corrected chi connectivity index (χ4v) is 4.05. The maximum Gasteiger partial charge on any atom is 0.338 e. The minimum absolute atomic E-state index is 0.00136. The van der Waals surface area contributed by atoms with Crippen LogP contribution in [0.3, 0.4) is 0 Å². The second-order valence-electron chi connectivity index (χ2n) is 7.95. The molecule has 2 aromatic rings. The molecule has 2 heterocycles. The van der Waals surface area contributed by atoms with Crippen LogP contribution in [0.2, 0.25) is 0 Å². The smallest absolute Gasteiger partial charge is 0.338 e. The number of likely N-dealkylation sites (tertiary alicyclic amines) is 1. The third kappa shape index (κ3) is 6.35. The van der Waals surface area contributed by atoms with Crippen molar-refractivity contribution in [2.45, 2.75) is 39.7 Å². The third-order valence-corrected chi connectivity index (χ3v) is 5.82. The van der Waals surface area contributed by atoms with E-state index in [4.69, 9.17) is 9.15 Å². The number of carbonyl (C=O) groups excluding carboxylic acids is 3. The Labute approximate surface area is 188 Å². The Hall–Kier alpha value is -3.29. The molecule has 0 radical (unpaired) electrons. The van der Waals surface area contributed by atoms with E-state index in [1.54, 1.807) is 48.4 Å². The number of furan rings is 1. The first kappa shape index (κ1) is 23.4. The van der Waals surface area contributed by atoms with Gasteiger partial charge in [0.1, 0.15) is 5.76 Å². The molecule has 172 valence electrons. The van der Waals surface area contributed by atoms with Gasteiger partial charge in [0.15, 0.2) is 0 Å². The number of ether oxygens (including phenoxy) is 1. The Morgan fingerprint density at radius 2 is 2.00 bits per heavy atom. The lowest BCUT2D eigenvalue weighted by molar-refractivity contribution is -0.123. The molecule has 8 nitrogen and oxygen atoms in total. The minimum atomic E-state index is -0.416. The Balaban J connectivity index is 1.51. The number of hydrogen-bond acceptors (Lipinski definition) is 5. The van der Waals surface area contributed by atoms with Crippen molar-refractivity contribution in [1.29, 1.82) is 0 Å². The van der Waals surface area contributed by atoms with E-state index in [2.05, 4.69) is 17.6 Å². The second-order valence-corrected chi connectivity index (χ2v) is 7.95. The van der Waals surface area contributed by atoms with Gasteiger partial charge in [0.05, 0.1) is 25.0 Å². The van der Waals surface area contributed by atoms with Crippen molar-refractivity contribution in [1.82, 2.24) is 10.2 Å². The summed E-state index contributed by atoms with van der Waals surface area (Å²) in [7, 11) is 0. The molecule has 0 saturated carbocycles. The predicted molar refractivity (Wildman–Crippen MR) is 120 cm³/mol. The summed E-state index contributed by atoms with van der Waals surface area (Å²) in [6.07, 6.45) is 3.68. The van der Waals surface area contributed by atoms with Crippen molar-refractivity contribution < 1.29 is 23.5 Å². The van der Waals surface area contributed by atoms with Crippen LogP contribution in [0.1, 0.15) is 49.2 Å². The molecule has 2 atom stereocenters. The first-order valence-electron chi connectivity index (χ1n) is 11.1. The van der Waals surface area contributed by atoms with Gasteiger partial charge in [-0.1, -0.05) is 19.4 Å². The third-order valence-electron chi connectivity index (χ3n) is 5.82. The van der Waals surface area contributed by atoms with E-state index in [-0.39, 0.29) is 23.8 Å². The van der Waals surface area contributed by atoms with Gasteiger partial charge in [-0.3, -0.25) is 4.79 Å². The number of nitrogens with one attached hydrogen (secondary N) is 2. The van der Waals surface area contributed by atoms with Gasteiger partial charge in [-0.25, -0.2) is 9.59 Å². The van der Waals surface area contributed by atoms with E-state index in [9.17, 15) is 14.4 Å². The van der Waals surface area contributed by atoms with Crippen molar-refractivity contribution in [3.63, 3.8) is 0 Å². The first-order chi connectivity index (χ1) is 15.5. The van der Waals surface area contributed by atoms with Gasteiger partial charge in [-0.05, 0) is 55.5 Å². The zero-order chi connectivity index (χ0) is 22.9. The largest absolute Gasteiger partial charge is 0.467 e. The summed E-state index contributed by atoms with van der Waals surface area (Å²) in [6, 6.07) is 10.1. The quantitative estimate of drug-likeness (QED) is 0.602. The summed E-state index contributed by atoms with van der Waals surface area (Å²) in [5.74, 6) is 0.783. The van der Waals surface area contributed by atoms with Gasteiger partial charge >= 0.3 is 12.0 Å². The van der Waals surface area contributed by atoms with E-state index in [1.165, 1.54) is 0 Å². The summed E-state index contributed by atoms with van der Waals surface area (Å²) in [4.78, 5) is 38.9. The van der Waals surface area contributed by atoms with Gasteiger partial charge in [0.25, 0.3) is 0 Å². The molecule has 2 unspecified atom stereocenters. The van der Waals surface area contributed by atoms with Crippen LogP contribution in [0.25, 0.3) is 0 Å². The van der Waals surface area contributed by atoms with Gasteiger partial charge in [0.2, 0.25) is 5.91 Å². The molecule has 1 aromatic heterocycles. The number of benzene rings is 1. The highest BCUT2D eigenvalue weighted by Crippen LogP contribution is 2.29. The van der Waals surface area contributed by atoms with E-state index >= 15 is 0 Å². The number of anilines is 1. The molecule has 1 aliphatic heterocycles. The van der Waals surface area contributed by atoms with Crippen LogP contribution in [0, 0.1) is 11.8 Å². The van der Waals surface area contributed by atoms with Crippen LogP contribution in [0.4, 0.5) is 10.5 Å². The van der Waals surface area contributed by atoms with Crippen LogP contribution in [0.5, 0.6) is 0 Å². The van der Waals surface area contributed by atoms with Crippen LogP contribution in [-0.4, -0.2) is 42.5 Å². The highest BCUT2D eigenvalue weighted by Gasteiger charge is 2.31. The zero-order valence-electron chi connectivity index (χ0n) is 18.6. The number of esters is 1. The maximum atomic E-state index is 12.8. The molecule has 0 aliphatic carbocycles. The minimum Gasteiger partial charge on any atom is -0.467 e. The topological polar surface area (TPSA) is 101 Å². The predicted octanol–water partition coefficient (Wildman–Crippen LogP) is 4.04. The van der Waals surface area contributed by atoms with Gasteiger partial charge in [0, 0.05) is 25.2 Å². The average molecular weight is 442 g/mol. The molecule has 1 saturated heterocycles. The monoisotopic (exact) mass is 441 g/mol. The van der Waals surface area contributed by atoms with Gasteiger partial charge < -0.3 is 24.7 Å². The SMILES string of the molecule is CCOC(=O)c1cccc(NC(=O)N2CCC(CC(=O)NCc3ccco3)C(CC)C2)c1. The highest BCUT2D eigenvalue weighted by molar-refractivity contribution is 5.94. The van der Waals surface area contributed by atoms with E-state index in [0.717, 1.165) is 18.6 Å². The van der Waals surface area contributed by atoms with Crippen molar-refractivity contribution >= 4 is 23.6 Å². The number of nitrogens with zero attached hydrogens (tertiary/aromatic N) is 1. The summed E-state index contributed by atoms with van der Waals surface area (Å²) in [5, 5.41) is 5.78. The number of rotatable bonds is 8. The maximum absolute atomic E-state index is 12.8. The van der Waals surface area contributed by atoms with Gasteiger partial charge in [-0.15, -0.1) is 0 Å². The standard InChI is InChI=1S/C24H31N3O5/c1-3-17-16-27(11-10-18(17)14-22(28)25-15-21-9-6-12-32-21)24(30)26-20-8-5-7-19(13-20)23(29)31-4-2/h5-9,12-13,17-18H,3-4,10-11,14-16H2,1-2H3,(H,25,28)(H,26,30). The Bertz CT molecular complexity index is 912. The fourth-order valence-electron chi connectivity index (χ4n) is 4.05. The molecule has 1 aliphatic rings. The molecule has 1 fully saturated rings. The summed E-state index contributed by atoms with van der Waals surface area (Å²) >= 11 is 0. The van der Waals surface area contributed by atoms with Crippen molar-refractivity contribution in [3.8, 4) is 0 Å². The number of hydrogen-bond donors (Lipinski definition) is 2. The molecule has 1 aromatic carbocycles. The van der Waals surface area contributed by atoms with Crippen LogP contribution in [0.15, 0.2) is 47.1 Å². The lowest BCUT2D eigenvalue weighted by Gasteiger charge is -2.38. The van der Waals surface area contributed by atoms with Crippen molar-refractivity contribution in [2.75, 3.05) is 25.0 Å². The summed E-state index contributed by atoms with van der Waals surface area (Å²) in [6.45, 7) is 5.69. The number of carbonyl (C=O) groups is 3. The lowest BCUT2D eigenvalue weighted by Crippen LogP contribution is -2.46. The Morgan fingerprint density at radius 1 is 1.16 bits per heavy atom. The summed E-state index contributed by atoms with van der Waals surface area (Å²) in [5.41, 5.74) is 0.948. The van der Waals surface area contributed by atoms with E-state index in [1.807, 2.05) is 6.07 Å². The van der Waals surface area contributed by atoms with E-state index < -0.39 is 5.97 Å². The molecule has 32 heavy (non-hydrogen) atoms. The average Bonchev–Trinajstić information content (AvgIpc) is 3.32. The van der Waals surface area contributed by atoms with Crippen LogP contribution in [-0.2, 0) is 16.1 Å². The van der Waals surface area contributed by atoms with Crippen LogP contribution >= 0.6 is 0 Å². The van der Waals surface area contributed by atoms with Crippen LogP contribution < -0.4 is 10.6 Å². The Kier molecular flexibility index (Phi) is 8.30. The molecular formula is C24H31N3O5. The molecule has 2 N–H and O–H groups in total. The second kappa shape index (κ2) is 11.4. The molecular weight excluding hydrogens is 410 g/mol. The lowest BCUT2D eigenvalue weighted by atomic mass is 9.81. The number of piperidine rings is 1. The van der Waals surface area contributed by atoms with Gasteiger partial charge in [-0.2, -0.15) is 0 Å². The van der Waals surface area contributed by atoms with Crippen molar-refractivity contribution in [3.05, 3.63) is 54.0 Å². The van der Waals surface area contributed by atoms with E-state index in [0.29, 0.717) is 43.9 Å². The molecule has 0 spiro atoms. The normalized spacial score (nSPS) is 18.1. The first-order valence-corrected chi connectivity index (χ1v) is 11.1. The Morgan fingerprint density at radius 3 is 2.72 bits per heavy atom. The fraction of sp³-hybridized carbons (Fsp3) is 0.458.